The van der Waals surface area contributed by atoms with E-state index in [4.69, 9.17) is 10.5 Å². The van der Waals surface area contributed by atoms with Crippen LogP contribution in [0, 0.1) is 22.7 Å². The Labute approximate surface area is 119 Å². The molecule has 0 aliphatic carbocycles. The van der Waals surface area contributed by atoms with E-state index < -0.39 is 0 Å². The van der Waals surface area contributed by atoms with Gasteiger partial charge >= 0.3 is 0 Å². The summed E-state index contributed by atoms with van der Waals surface area (Å²) in [6.07, 6.45) is 6.60. The maximum absolute atomic E-state index is 8.66. The fraction of sp³-hybridized carbons (Fsp3) is 0.375. The first-order valence-electron chi connectivity index (χ1n) is 6.95. The highest BCUT2D eigenvalue weighted by atomic mass is 15.1. The molecular weight excluding hydrogens is 248 g/mol. The Kier molecular flexibility index (Phi) is 5.03. The van der Waals surface area contributed by atoms with Crippen molar-refractivity contribution in [3.63, 3.8) is 0 Å². The highest BCUT2D eigenvalue weighted by Crippen LogP contribution is 2.21. The first-order chi connectivity index (χ1) is 9.83. The lowest BCUT2D eigenvalue weighted by atomic mass is 10.2. The minimum atomic E-state index is 0.0709. The van der Waals surface area contributed by atoms with E-state index in [1.165, 1.54) is 37.6 Å². The first kappa shape index (κ1) is 14.0. The van der Waals surface area contributed by atoms with Crippen molar-refractivity contribution in [1.29, 1.82) is 10.5 Å². The van der Waals surface area contributed by atoms with Crippen LogP contribution in [0.25, 0.3) is 0 Å². The van der Waals surface area contributed by atoms with Crippen LogP contribution in [-0.2, 0) is 0 Å². The van der Waals surface area contributed by atoms with E-state index in [0.29, 0.717) is 0 Å². The van der Waals surface area contributed by atoms with Crippen molar-refractivity contribution >= 4 is 11.4 Å². The number of nitrogens with zero attached hydrogens (tertiary/aromatic N) is 3. The molecule has 4 nitrogen and oxygen atoms in total. The quantitative estimate of drug-likeness (QED) is 0.851. The van der Waals surface area contributed by atoms with Gasteiger partial charge in [-0.25, -0.2) is 0 Å². The SMILES string of the molecule is N#CC(C#N)=CNc1ccc(N2CCCCCC2)cc1. The van der Waals surface area contributed by atoms with Crippen molar-refractivity contribution in [2.24, 2.45) is 0 Å². The molecule has 0 atom stereocenters. The Morgan fingerprint density at radius 1 is 1.00 bits per heavy atom. The molecule has 0 saturated carbocycles. The molecule has 0 spiro atoms. The average molecular weight is 266 g/mol. The Morgan fingerprint density at radius 2 is 1.60 bits per heavy atom. The molecule has 1 heterocycles. The maximum atomic E-state index is 8.66. The van der Waals surface area contributed by atoms with Crippen molar-refractivity contribution < 1.29 is 0 Å². The number of rotatable bonds is 3. The summed E-state index contributed by atoms with van der Waals surface area (Å²) in [5.74, 6) is 0. The van der Waals surface area contributed by atoms with Gasteiger partial charge in [-0.2, -0.15) is 10.5 Å². The summed E-state index contributed by atoms with van der Waals surface area (Å²) in [4.78, 5) is 2.42. The maximum Gasteiger partial charge on any atom is 0.145 e. The largest absolute Gasteiger partial charge is 0.372 e. The van der Waals surface area contributed by atoms with Gasteiger partial charge in [0.1, 0.15) is 17.7 Å². The monoisotopic (exact) mass is 266 g/mol. The molecule has 1 aromatic carbocycles. The number of benzene rings is 1. The Morgan fingerprint density at radius 3 is 2.15 bits per heavy atom. The summed E-state index contributed by atoms with van der Waals surface area (Å²) in [5, 5.41) is 20.3. The lowest BCUT2D eigenvalue weighted by Gasteiger charge is -2.22. The summed E-state index contributed by atoms with van der Waals surface area (Å²) >= 11 is 0. The molecule has 1 aliphatic heterocycles. The van der Waals surface area contributed by atoms with Gasteiger partial charge in [-0.05, 0) is 37.1 Å². The Balaban J connectivity index is 2.01. The highest BCUT2D eigenvalue weighted by Gasteiger charge is 2.09. The molecule has 0 radical (unpaired) electrons. The van der Waals surface area contributed by atoms with Crippen LogP contribution in [0.1, 0.15) is 25.7 Å². The molecule has 102 valence electrons. The van der Waals surface area contributed by atoms with Crippen LogP contribution in [0.15, 0.2) is 36.0 Å². The molecule has 1 N–H and O–H groups in total. The van der Waals surface area contributed by atoms with Crippen LogP contribution in [-0.4, -0.2) is 13.1 Å². The van der Waals surface area contributed by atoms with Gasteiger partial charge in [-0.1, -0.05) is 12.8 Å². The second kappa shape index (κ2) is 7.21. The predicted molar refractivity (Wildman–Crippen MR) is 80.1 cm³/mol. The van der Waals surface area contributed by atoms with Gasteiger partial charge in [0.15, 0.2) is 0 Å². The topological polar surface area (TPSA) is 62.9 Å². The first-order valence-corrected chi connectivity index (χ1v) is 6.95. The number of nitriles is 2. The van der Waals surface area contributed by atoms with E-state index in [9.17, 15) is 0 Å². The second-order valence-electron chi connectivity index (χ2n) is 4.87. The number of nitrogens with one attached hydrogen (secondary N) is 1. The molecule has 1 aliphatic rings. The van der Waals surface area contributed by atoms with Crippen LogP contribution in [0.2, 0.25) is 0 Å². The normalized spacial score (nSPS) is 14.6. The minimum Gasteiger partial charge on any atom is -0.372 e. The zero-order chi connectivity index (χ0) is 14.2. The molecule has 0 unspecified atom stereocenters. The van der Waals surface area contributed by atoms with E-state index >= 15 is 0 Å². The molecule has 2 rings (SSSR count). The van der Waals surface area contributed by atoms with Gasteiger partial charge in [-0.3, -0.25) is 0 Å². The molecule has 1 saturated heterocycles. The van der Waals surface area contributed by atoms with Gasteiger partial charge in [0.05, 0.1) is 0 Å². The molecule has 1 fully saturated rings. The van der Waals surface area contributed by atoms with E-state index in [2.05, 4.69) is 22.3 Å². The van der Waals surface area contributed by atoms with E-state index in [1.54, 1.807) is 0 Å². The number of anilines is 2. The fourth-order valence-electron chi connectivity index (χ4n) is 2.34. The zero-order valence-corrected chi connectivity index (χ0v) is 11.5. The molecule has 0 amide bonds. The van der Waals surface area contributed by atoms with Crippen LogP contribution >= 0.6 is 0 Å². The summed E-state index contributed by atoms with van der Waals surface area (Å²) in [6.45, 7) is 2.25. The van der Waals surface area contributed by atoms with Crippen LogP contribution < -0.4 is 10.2 Å². The molecular formula is C16H18N4. The molecule has 0 bridgehead atoms. The predicted octanol–water partition coefficient (Wildman–Crippen LogP) is 3.41. The molecule has 1 aromatic rings. The zero-order valence-electron chi connectivity index (χ0n) is 11.5. The lowest BCUT2D eigenvalue weighted by molar-refractivity contribution is 0.726. The van der Waals surface area contributed by atoms with Crippen molar-refractivity contribution in [3.05, 3.63) is 36.0 Å². The van der Waals surface area contributed by atoms with Crippen molar-refractivity contribution in [2.75, 3.05) is 23.3 Å². The van der Waals surface area contributed by atoms with Crippen LogP contribution in [0.5, 0.6) is 0 Å². The lowest BCUT2D eigenvalue weighted by Crippen LogP contribution is -2.23. The van der Waals surface area contributed by atoms with Crippen molar-refractivity contribution in [2.45, 2.75) is 25.7 Å². The van der Waals surface area contributed by atoms with Crippen molar-refractivity contribution in [1.82, 2.24) is 0 Å². The third kappa shape index (κ3) is 3.76. The van der Waals surface area contributed by atoms with Gasteiger partial charge in [-0.15, -0.1) is 0 Å². The van der Waals surface area contributed by atoms with Gasteiger partial charge in [0, 0.05) is 30.7 Å². The average Bonchev–Trinajstić information content (AvgIpc) is 2.78. The fourth-order valence-corrected chi connectivity index (χ4v) is 2.34. The van der Waals surface area contributed by atoms with E-state index in [-0.39, 0.29) is 5.57 Å². The third-order valence-corrected chi connectivity index (χ3v) is 3.46. The second-order valence-corrected chi connectivity index (χ2v) is 4.87. The highest BCUT2D eigenvalue weighted by molar-refractivity contribution is 5.57. The van der Waals surface area contributed by atoms with E-state index in [1.807, 2.05) is 24.3 Å². The van der Waals surface area contributed by atoms with Crippen LogP contribution in [0.3, 0.4) is 0 Å². The molecule has 4 heteroatoms. The smallest absolute Gasteiger partial charge is 0.145 e. The number of allylic oxidation sites excluding steroid dienone is 1. The number of hydrogen-bond acceptors (Lipinski definition) is 4. The van der Waals surface area contributed by atoms with Crippen molar-refractivity contribution in [3.8, 4) is 12.1 Å². The Hall–Kier alpha value is -2.46. The standard InChI is InChI=1S/C16H18N4/c17-11-14(12-18)13-19-15-5-7-16(8-6-15)20-9-3-1-2-4-10-20/h5-8,13,19H,1-4,9-10H2. The number of hydrogen-bond donors (Lipinski definition) is 1. The summed E-state index contributed by atoms with van der Waals surface area (Å²) in [6, 6.07) is 11.8. The van der Waals surface area contributed by atoms with E-state index in [0.717, 1.165) is 18.8 Å². The summed E-state index contributed by atoms with van der Waals surface area (Å²) < 4.78 is 0. The summed E-state index contributed by atoms with van der Waals surface area (Å²) in [7, 11) is 0. The molecule has 20 heavy (non-hydrogen) atoms. The summed E-state index contributed by atoms with van der Waals surface area (Å²) in [5.41, 5.74) is 2.19. The van der Waals surface area contributed by atoms with Gasteiger partial charge in [0.2, 0.25) is 0 Å². The Bertz CT molecular complexity index is 521. The van der Waals surface area contributed by atoms with Gasteiger partial charge in [0.25, 0.3) is 0 Å². The minimum absolute atomic E-state index is 0.0709. The third-order valence-electron chi connectivity index (χ3n) is 3.46. The van der Waals surface area contributed by atoms with Crippen LogP contribution in [0.4, 0.5) is 11.4 Å². The molecule has 0 aromatic heterocycles. The van der Waals surface area contributed by atoms with Gasteiger partial charge < -0.3 is 10.2 Å².